The van der Waals surface area contributed by atoms with Gasteiger partial charge in [-0.1, -0.05) is 12.8 Å². The zero-order valence-corrected chi connectivity index (χ0v) is 10.4. The number of hydrogen-bond donors (Lipinski definition) is 2. The minimum absolute atomic E-state index is 0.000602. The summed E-state index contributed by atoms with van der Waals surface area (Å²) < 4.78 is 0. The average molecular weight is 242 g/mol. The molecule has 0 unspecified atom stereocenters. The molecule has 0 aromatic rings. The third-order valence-corrected chi connectivity index (χ3v) is 3.23. The summed E-state index contributed by atoms with van der Waals surface area (Å²) in [5, 5.41) is 11.8. The van der Waals surface area contributed by atoms with E-state index in [9.17, 15) is 9.59 Å². The van der Waals surface area contributed by atoms with Crippen molar-refractivity contribution < 1.29 is 14.7 Å². The molecule has 1 aliphatic carbocycles. The molecule has 5 heteroatoms. The molecule has 5 nitrogen and oxygen atoms in total. The number of rotatable bonds is 7. The van der Waals surface area contributed by atoms with Crippen LogP contribution in [0.5, 0.6) is 0 Å². The van der Waals surface area contributed by atoms with Crippen molar-refractivity contribution in [3.05, 3.63) is 0 Å². The van der Waals surface area contributed by atoms with Crippen LogP contribution in [0.3, 0.4) is 0 Å². The predicted octanol–water partition coefficient (Wildman–Crippen LogP) is 0.842. The summed E-state index contributed by atoms with van der Waals surface area (Å²) in [6, 6.07) is 0.470. The number of nitrogens with one attached hydrogen (secondary N) is 1. The maximum atomic E-state index is 11.8. The summed E-state index contributed by atoms with van der Waals surface area (Å²) in [5.41, 5.74) is 0. The summed E-state index contributed by atoms with van der Waals surface area (Å²) in [6.07, 6.45) is 4.79. The number of likely N-dealkylation sites (N-methyl/N-ethyl adjacent to an activating group) is 1. The van der Waals surface area contributed by atoms with E-state index in [2.05, 4.69) is 5.32 Å². The Hall–Kier alpha value is -1.10. The minimum atomic E-state index is -0.861. The van der Waals surface area contributed by atoms with Crippen molar-refractivity contribution >= 4 is 11.9 Å². The molecule has 0 bridgehead atoms. The monoisotopic (exact) mass is 242 g/mol. The molecule has 0 saturated heterocycles. The zero-order chi connectivity index (χ0) is 12.7. The van der Waals surface area contributed by atoms with Gasteiger partial charge in [0, 0.05) is 19.1 Å². The first kappa shape index (κ1) is 14.0. The van der Waals surface area contributed by atoms with Gasteiger partial charge in [0.2, 0.25) is 5.91 Å². The van der Waals surface area contributed by atoms with Gasteiger partial charge < -0.3 is 15.3 Å². The van der Waals surface area contributed by atoms with Crippen molar-refractivity contribution in [3.8, 4) is 0 Å². The third kappa shape index (κ3) is 5.17. The van der Waals surface area contributed by atoms with Crippen LogP contribution in [0.2, 0.25) is 0 Å². The maximum absolute atomic E-state index is 11.8. The molecule has 1 saturated carbocycles. The Bertz CT molecular complexity index is 262. The highest BCUT2D eigenvalue weighted by atomic mass is 16.4. The Morgan fingerprint density at radius 2 is 2.00 bits per heavy atom. The molecule has 1 amide bonds. The standard InChI is InChI=1S/C12H22N2O3/c1-2-14(8-7-12(16)17)11(15)9-13-10-5-3-4-6-10/h10,13H,2-9H2,1H3,(H,16,17). The Morgan fingerprint density at radius 3 is 2.53 bits per heavy atom. The molecule has 1 rings (SSSR count). The second-order valence-corrected chi connectivity index (χ2v) is 4.48. The van der Waals surface area contributed by atoms with Crippen molar-refractivity contribution in [1.29, 1.82) is 0 Å². The average Bonchev–Trinajstić information content (AvgIpc) is 2.79. The van der Waals surface area contributed by atoms with Gasteiger partial charge in [0.1, 0.15) is 0 Å². The summed E-state index contributed by atoms with van der Waals surface area (Å²) in [4.78, 5) is 23.9. The molecule has 0 heterocycles. The van der Waals surface area contributed by atoms with Crippen LogP contribution in [0, 0.1) is 0 Å². The first-order valence-corrected chi connectivity index (χ1v) is 6.36. The number of carboxylic acids is 1. The van der Waals surface area contributed by atoms with Crippen molar-refractivity contribution in [2.45, 2.75) is 45.1 Å². The van der Waals surface area contributed by atoms with Crippen molar-refractivity contribution in [1.82, 2.24) is 10.2 Å². The zero-order valence-electron chi connectivity index (χ0n) is 10.4. The molecule has 0 atom stereocenters. The molecule has 0 radical (unpaired) electrons. The molecular formula is C12H22N2O3. The highest BCUT2D eigenvalue weighted by Crippen LogP contribution is 2.17. The van der Waals surface area contributed by atoms with Gasteiger partial charge in [-0.15, -0.1) is 0 Å². The van der Waals surface area contributed by atoms with E-state index in [-0.39, 0.29) is 12.3 Å². The second kappa shape index (κ2) is 7.27. The highest BCUT2D eigenvalue weighted by molar-refractivity contribution is 5.79. The third-order valence-electron chi connectivity index (χ3n) is 3.23. The molecule has 0 aliphatic heterocycles. The van der Waals surface area contributed by atoms with E-state index in [4.69, 9.17) is 5.11 Å². The van der Waals surface area contributed by atoms with Gasteiger partial charge in [-0.05, 0) is 19.8 Å². The summed E-state index contributed by atoms with van der Waals surface area (Å²) in [7, 11) is 0. The number of carbonyl (C=O) groups is 2. The largest absolute Gasteiger partial charge is 0.481 e. The van der Waals surface area contributed by atoms with Crippen molar-refractivity contribution in [3.63, 3.8) is 0 Å². The molecule has 2 N–H and O–H groups in total. The molecular weight excluding hydrogens is 220 g/mol. The van der Waals surface area contributed by atoms with Gasteiger partial charge in [0.25, 0.3) is 0 Å². The SMILES string of the molecule is CCN(CCC(=O)O)C(=O)CNC1CCCC1. The van der Waals surface area contributed by atoms with E-state index >= 15 is 0 Å². The molecule has 0 aromatic heterocycles. The lowest BCUT2D eigenvalue weighted by atomic mass is 10.2. The Morgan fingerprint density at radius 1 is 1.35 bits per heavy atom. The van der Waals surface area contributed by atoms with Crippen LogP contribution < -0.4 is 5.32 Å². The highest BCUT2D eigenvalue weighted by Gasteiger charge is 2.17. The van der Waals surface area contributed by atoms with E-state index in [1.54, 1.807) is 4.90 Å². The predicted molar refractivity (Wildman–Crippen MR) is 64.8 cm³/mol. The fraction of sp³-hybridized carbons (Fsp3) is 0.833. The second-order valence-electron chi connectivity index (χ2n) is 4.48. The number of carboxylic acid groups (broad SMARTS) is 1. The molecule has 17 heavy (non-hydrogen) atoms. The lowest BCUT2D eigenvalue weighted by molar-refractivity contribution is -0.138. The topological polar surface area (TPSA) is 69.6 Å². The Balaban J connectivity index is 2.24. The summed E-state index contributed by atoms with van der Waals surface area (Å²) in [5.74, 6) is -0.861. The fourth-order valence-corrected chi connectivity index (χ4v) is 2.16. The number of aliphatic carboxylic acids is 1. The van der Waals surface area contributed by atoms with E-state index in [0.29, 0.717) is 25.7 Å². The van der Waals surface area contributed by atoms with Crippen LogP contribution in [0.1, 0.15) is 39.0 Å². The minimum Gasteiger partial charge on any atom is -0.481 e. The van der Waals surface area contributed by atoms with Crippen LogP contribution in [0.15, 0.2) is 0 Å². The smallest absolute Gasteiger partial charge is 0.305 e. The van der Waals surface area contributed by atoms with Crippen molar-refractivity contribution in [2.24, 2.45) is 0 Å². The van der Waals surface area contributed by atoms with E-state index in [0.717, 1.165) is 12.8 Å². The number of carbonyl (C=O) groups excluding carboxylic acids is 1. The van der Waals surface area contributed by atoms with Gasteiger partial charge in [-0.2, -0.15) is 0 Å². The van der Waals surface area contributed by atoms with Gasteiger partial charge in [0.15, 0.2) is 0 Å². The molecule has 1 aliphatic rings. The van der Waals surface area contributed by atoms with Crippen molar-refractivity contribution in [2.75, 3.05) is 19.6 Å². The molecule has 0 spiro atoms. The number of amides is 1. The first-order valence-electron chi connectivity index (χ1n) is 6.36. The van der Waals surface area contributed by atoms with E-state index < -0.39 is 5.97 Å². The Kier molecular flexibility index (Phi) is 5.97. The first-order chi connectivity index (χ1) is 8.13. The molecule has 1 fully saturated rings. The quantitative estimate of drug-likeness (QED) is 0.694. The van der Waals surface area contributed by atoms with Crippen LogP contribution >= 0.6 is 0 Å². The van der Waals surface area contributed by atoms with E-state index in [1.165, 1.54) is 12.8 Å². The maximum Gasteiger partial charge on any atom is 0.305 e. The number of hydrogen-bond acceptors (Lipinski definition) is 3. The van der Waals surface area contributed by atoms with Crippen LogP contribution in [-0.4, -0.2) is 47.6 Å². The van der Waals surface area contributed by atoms with Gasteiger partial charge in [-0.3, -0.25) is 9.59 Å². The lowest BCUT2D eigenvalue weighted by Gasteiger charge is -2.21. The van der Waals surface area contributed by atoms with Gasteiger partial charge in [0.05, 0.1) is 13.0 Å². The van der Waals surface area contributed by atoms with Crippen LogP contribution in [-0.2, 0) is 9.59 Å². The van der Waals surface area contributed by atoms with Gasteiger partial charge in [-0.25, -0.2) is 0 Å². The fourth-order valence-electron chi connectivity index (χ4n) is 2.16. The van der Waals surface area contributed by atoms with E-state index in [1.807, 2.05) is 6.92 Å². The molecule has 98 valence electrons. The van der Waals surface area contributed by atoms with Gasteiger partial charge >= 0.3 is 5.97 Å². The van der Waals surface area contributed by atoms with Crippen LogP contribution in [0.4, 0.5) is 0 Å². The lowest BCUT2D eigenvalue weighted by Crippen LogP contribution is -2.41. The Labute approximate surface area is 102 Å². The van der Waals surface area contributed by atoms with Crippen LogP contribution in [0.25, 0.3) is 0 Å². The summed E-state index contributed by atoms with van der Waals surface area (Å²) >= 11 is 0. The molecule has 0 aromatic carbocycles. The summed E-state index contributed by atoms with van der Waals surface area (Å²) in [6.45, 7) is 3.07. The normalized spacial score (nSPS) is 16.1. The number of nitrogens with zero attached hydrogens (tertiary/aromatic N) is 1.